The minimum Gasteiger partial charge on any atom is -0.394 e. The molecular formula is C11H13FN2O4. The highest BCUT2D eigenvalue weighted by atomic mass is 19.1. The summed E-state index contributed by atoms with van der Waals surface area (Å²) < 4.78 is 12.9. The second-order valence-corrected chi connectivity index (χ2v) is 3.68. The Morgan fingerprint density at radius 3 is 2.78 bits per heavy atom. The molecule has 1 rings (SSSR count). The molecule has 0 spiro atoms. The van der Waals surface area contributed by atoms with Crippen molar-refractivity contribution in [2.45, 2.75) is 19.4 Å². The van der Waals surface area contributed by atoms with Gasteiger partial charge in [-0.3, -0.25) is 14.9 Å². The van der Waals surface area contributed by atoms with Gasteiger partial charge in [-0.1, -0.05) is 6.92 Å². The predicted molar refractivity (Wildman–Crippen MR) is 61.7 cm³/mol. The van der Waals surface area contributed by atoms with Crippen LogP contribution in [0.25, 0.3) is 0 Å². The Bertz CT molecular complexity index is 460. The molecule has 0 unspecified atom stereocenters. The lowest BCUT2D eigenvalue weighted by atomic mass is 10.1. The molecule has 2 N–H and O–H groups in total. The van der Waals surface area contributed by atoms with Crippen molar-refractivity contribution in [2.24, 2.45) is 0 Å². The van der Waals surface area contributed by atoms with Gasteiger partial charge in [-0.25, -0.2) is 4.39 Å². The largest absolute Gasteiger partial charge is 0.394 e. The van der Waals surface area contributed by atoms with Crippen LogP contribution >= 0.6 is 0 Å². The van der Waals surface area contributed by atoms with E-state index in [1.165, 1.54) is 0 Å². The number of aliphatic hydroxyl groups excluding tert-OH is 1. The molecule has 1 atom stereocenters. The number of hydrogen-bond acceptors (Lipinski definition) is 4. The summed E-state index contributed by atoms with van der Waals surface area (Å²) in [6.07, 6.45) is 0.483. The molecule has 98 valence electrons. The molecule has 6 nitrogen and oxygen atoms in total. The first-order valence-corrected chi connectivity index (χ1v) is 5.35. The van der Waals surface area contributed by atoms with E-state index in [2.05, 4.69) is 5.32 Å². The monoisotopic (exact) mass is 256 g/mol. The Labute approximate surface area is 103 Å². The van der Waals surface area contributed by atoms with E-state index in [0.717, 1.165) is 12.1 Å². The first-order valence-electron chi connectivity index (χ1n) is 5.35. The Balaban J connectivity index is 3.02. The Morgan fingerprint density at radius 2 is 2.28 bits per heavy atom. The van der Waals surface area contributed by atoms with Gasteiger partial charge in [0.25, 0.3) is 11.6 Å². The van der Waals surface area contributed by atoms with E-state index in [-0.39, 0.29) is 12.2 Å². The van der Waals surface area contributed by atoms with Gasteiger partial charge < -0.3 is 10.4 Å². The van der Waals surface area contributed by atoms with Crippen molar-refractivity contribution >= 4 is 11.6 Å². The number of halogens is 1. The number of nitrogens with zero attached hydrogens (tertiary/aromatic N) is 1. The highest BCUT2D eigenvalue weighted by Crippen LogP contribution is 2.19. The zero-order chi connectivity index (χ0) is 13.7. The van der Waals surface area contributed by atoms with Gasteiger partial charge in [0.1, 0.15) is 11.4 Å². The van der Waals surface area contributed by atoms with Crippen molar-refractivity contribution in [3.63, 3.8) is 0 Å². The van der Waals surface area contributed by atoms with E-state index >= 15 is 0 Å². The number of aliphatic hydroxyl groups is 1. The van der Waals surface area contributed by atoms with Crippen LogP contribution in [0.1, 0.15) is 23.7 Å². The number of nitro groups is 1. The molecule has 18 heavy (non-hydrogen) atoms. The highest BCUT2D eigenvalue weighted by Gasteiger charge is 2.22. The first-order chi connectivity index (χ1) is 8.49. The van der Waals surface area contributed by atoms with Gasteiger partial charge in [-0.15, -0.1) is 0 Å². The van der Waals surface area contributed by atoms with Crippen LogP contribution in [0.4, 0.5) is 10.1 Å². The normalized spacial score (nSPS) is 11.9. The third-order valence-electron chi connectivity index (χ3n) is 2.45. The summed E-state index contributed by atoms with van der Waals surface area (Å²) in [5, 5.41) is 22.1. The lowest BCUT2D eigenvalue weighted by molar-refractivity contribution is -0.385. The maximum Gasteiger partial charge on any atom is 0.285 e. The lowest BCUT2D eigenvalue weighted by Gasteiger charge is -2.13. The predicted octanol–water partition coefficient (Wildman–Crippen LogP) is 1.23. The molecule has 1 aromatic carbocycles. The molecule has 0 aromatic heterocycles. The smallest absolute Gasteiger partial charge is 0.285 e. The zero-order valence-electron chi connectivity index (χ0n) is 9.72. The summed E-state index contributed by atoms with van der Waals surface area (Å²) in [4.78, 5) is 21.7. The van der Waals surface area contributed by atoms with E-state index in [0.29, 0.717) is 12.5 Å². The third kappa shape index (κ3) is 3.24. The molecule has 0 heterocycles. The van der Waals surface area contributed by atoms with E-state index in [1.54, 1.807) is 6.92 Å². The summed E-state index contributed by atoms with van der Waals surface area (Å²) in [5.74, 6) is -1.49. The summed E-state index contributed by atoms with van der Waals surface area (Å²) >= 11 is 0. The van der Waals surface area contributed by atoms with Crippen molar-refractivity contribution in [2.75, 3.05) is 6.61 Å². The third-order valence-corrected chi connectivity index (χ3v) is 2.45. The molecule has 0 fully saturated rings. The van der Waals surface area contributed by atoms with E-state index < -0.39 is 28.4 Å². The molecule has 0 aliphatic rings. The van der Waals surface area contributed by atoms with Gasteiger partial charge in [0.05, 0.1) is 23.6 Å². The van der Waals surface area contributed by atoms with Gasteiger partial charge in [-0.05, 0) is 18.6 Å². The van der Waals surface area contributed by atoms with Crippen LogP contribution in [0.3, 0.4) is 0 Å². The molecule has 7 heteroatoms. The van der Waals surface area contributed by atoms with E-state index in [1.807, 2.05) is 0 Å². The maximum atomic E-state index is 12.9. The number of nitrogens with one attached hydrogen (secondary N) is 1. The highest BCUT2D eigenvalue weighted by molar-refractivity contribution is 5.98. The summed E-state index contributed by atoms with van der Waals surface area (Å²) in [7, 11) is 0. The fourth-order valence-electron chi connectivity index (χ4n) is 1.39. The Kier molecular flexibility index (Phi) is 4.73. The summed E-state index contributed by atoms with van der Waals surface area (Å²) in [5.41, 5.74) is -0.825. The Hall–Kier alpha value is -2.02. The van der Waals surface area contributed by atoms with E-state index in [4.69, 9.17) is 5.11 Å². The molecule has 1 aromatic rings. The molecule has 0 saturated heterocycles. The average Bonchev–Trinajstić information content (AvgIpc) is 2.35. The molecular weight excluding hydrogens is 243 g/mol. The zero-order valence-corrected chi connectivity index (χ0v) is 9.72. The fourth-order valence-corrected chi connectivity index (χ4v) is 1.39. The van der Waals surface area contributed by atoms with Gasteiger partial charge in [0, 0.05) is 0 Å². The summed E-state index contributed by atoms with van der Waals surface area (Å²) in [6.45, 7) is 1.48. The number of nitro benzene ring substituents is 1. The van der Waals surface area contributed by atoms with Crippen LogP contribution in [-0.2, 0) is 0 Å². The van der Waals surface area contributed by atoms with E-state index in [9.17, 15) is 19.3 Å². The first kappa shape index (κ1) is 14.0. The minimum atomic E-state index is -0.822. The van der Waals surface area contributed by atoms with Crippen molar-refractivity contribution < 1.29 is 19.2 Å². The minimum absolute atomic E-state index is 0.228. The van der Waals surface area contributed by atoms with Crippen LogP contribution in [0.5, 0.6) is 0 Å². The van der Waals surface area contributed by atoms with Crippen LogP contribution in [0, 0.1) is 15.9 Å². The van der Waals surface area contributed by atoms with Crippen LogP contribution in [0.15, 0.2) is 18.2 Å². The SMILES string of the molecule is CC[C@H](CO)NC(=O)c1ccc(F)cc1[N+](=O)[O-]. The molecule has 1 amide bonds. The van der Waals surface area contributed by atoms with Crippen LogP contribution in [0.2, 0.25) is 0 Å². The maximum absolute atomic E-state index is 12.9. The fraction of sp³-hybridized carbons (Fsp3) is 0.364. The Morgan fingerprint density at radius 1 is 1.61 bits per heavy atom. The van der Waals surface area contributed by atoms with Gasteiger partial charge in [0.15, 0.2) is 0 Å². The van der Waals surface area contributed by atoms with Crippen molar-refractivity contribution in [3.05, 3.63) is 39.7 Å². The number of amides is 1. The van der Waals surface area contributed by atoms with Crippen molar-refractivity contribution in [1.29, 1.82) is 0 Å². The quantitative estimate of drug-likeness (QED) is 0.612. The molecule has 0 bridgehead atoms. The number of carbonyl (C=O) groups is 1. The van der Waals surface area contributed by atoms with Gasteiger partial charge in [-0.2, -0.15) is 0 Å². The molecule has 0 aliphatic heterocycles. The van der Waals surface area contributed by atoms with Crippen molar-refractivity contribution in [1.82, 2.24) is 5.32 Å². The van der Waals surface area contributed by atoms with Crippen molar-refractivity contribution in [3.8, 4) is 0 Å². The molecule has 0 saturated carbocycles. The molecule has 0 aliphatic carbocycles. The lowest BCUT2D eigenvalue weighted by Crippen LogP contribution is -2.37. The van der Waals surface area contributed by atoms with Gasteiger partial charge in [0.2, 0.25) is 0 Å². The average molecular weight is 256 g/mol. The number of rotatable bonds is 5. The van der Waals surface area contributed by atoms with Crippen LogP contribution in [-0.4, -0.2) is 28.6 Å². The second-order valence-electron chi connectivity index (χ2n) is 3.68. The number of benzene rings is 1. The number of hydrogen-bond donors (Lipinski definition) is 2. The second kappa shape index (κ2) is 6.06. The van der Waals surface area contributed by atoms with Crippen LogP contribution < -0.4 is 5.32 Å². The topological polar surface area (TPSA) is 92.5 Å². The molecule has 0 radical (unpaired) electrons. The number of carbonyl (C=O) groups excluding carboxylic acids is 1. The summed E-state index contributed by atoms with van der Waals surface area (Å²) in [6, 6.07) is 2.23. The standard InChI is InChI=1S/C11H13FN2O4/c1-2-8(6-15)13-11(16)9-4-3-7(12)5-10(9)14(17)18/h3-5,8,15H,2,6H2,1H3,(H,13,16)/t8-/m1/s1. The van der Waals surface area contributed by atoms with Gasteiger partial charge >= 0.3 is 0 Å².